The van der Waals surface area contributed by atoms with Gasteiger partial charge in [0.05, 0.1) is 16.5 Å². The van der Waals surface area contributed by atoms with Crippen molar-refractivity contribution in [3.63, 3.8) is 0 Å². The first-order valence-electron chi connectivity index (χ1n) is 9.29. The Morgan fingerprint density at radius 1 is 1.03 bits per heavy atom. The van der Waals surface area contributed by atoms with Crippen molar-refractivity contribution in [2.24, 2.45) is 5.73 Å². The normalized spacial score (nSPS) is 16.3. The summed E-state index contributed by atoms with van der Waals surface area (Å²) in [6.45, 7) is 0. The molecule has 11 heteroatoms. The number of sulfonamides is 1. The van der Waals surface area contributed by atoms with Gasteiger partial charge in [-0.1, -0.05) is 42.5 Å². The van der Waals surface area contributed by atoms with Gasteiger partial charge in [-0.2, -0.15) is 13.2 Å². The highest BCUT2D eigenvalue weighted by molar-refractivity contribution is 7.90. The number of nitrogens with two attached hydrogens (primary N) is 1. The molecule has 4 N–H and O–H groups in total. The SMILES string of the molecule is NC(Cc1ccccc1)C(=O)NS(=O)(=O)c1ccc(C2(NC(=O)C(F)(F)F)CC2)cc1. The fraction of sp³-hybridized carbons (Fsp3) is 0.300. The van der Waals surface area contributed by atoms with Crippen molar-refractivity contribution in [1.29, 1.82) is 0 Å². The van der Waals surface area contributed by atoms with Crippen LogP contribution in [0.5, 0.6) is 0 Å². The molecule has 2 amide bonds. The number of hydrogen-bond acceptors (Lipinski definition) is 5. The van der Waals surface area contributed by atoms with Crippen LogP contribution in [-0.2, 0) is 31.6 Å². The summed E-state index contributed by atoms with van der Waals surface area (Å²) < 4.78 is 64.4. The molecule has 0 heterocycles. The lowest BCUT2D eigenvalue weighted by molar-refractivity contribution is -0.174. The van der Waals surface area contributed by atoms with E-state index in [9.17, 15) is 31.2 Å². The summed E-state index contributed by atoms with van der Waals surface area (Å²) in [7, 11) is -4.23. The molecule has 2 aromatic carbocycles. The summed E-state index contributed by atoms with van der Waals surface area (Å²) in [6.07, 6.45) is -4.28. The van der Waals surface area contributed by atoms with Gasteiger partial charge in [0.1, 0.15) is 0 Å². The molecule has 0 bridgehead atoms. The molecule has 0 saturated heterocycles. The lowest BCUT2D eigenvalue weighted by Gasteiger charge is -2.19. The van der Waals surface area contributed by atoms with Crippen LogP contribution in [0.15, 0.2) is 59.5 Å². The summed E-state index contributed by atoms with van der Waals surface area (Å²) in [6, 6.07) is 12.7. The van der Waals surface area contributed by atoms with Gasteiger partial charge >= 0.3 is 12.1 Å². The fourth-order valence-electron chi connectivity index (χ4n) is 3.08. The predicted octanol–water partition coefficient (Wildman–Crippen LogP) is 1.73. The van der Waals surface area contributed by atoms with E-state index in [1.54, 1.807) is 30.3 Å². The highest BCUT2D eigenvalue weighted by Crippen LogP contribution is 2.46. The average Bonchev–Trinajstić information content (AvgIpc) is 3.48. The maximum Gasteiger partial charge on any atom is 0.471 e. The molecule has 0 spiro atoms. The number of rotatable bonds is 7. The summed E-state index contributed by atoms with van der Waals surface area (Å²) in [5, 5.41) is 1.95. The number of hydrogen-bond donors (Lipinski definition) is 3. The second-order valence-corrected chi connectivity index (χ2v) is 9.01. The van der Waals surface area contributed by atoms with Crippen LogP contribution < -0.4 is 15.8 Å². The smallest absolute Gasteiger partial charge is 0.339 e. The van der Waals surface area contributed by atoms with Crippen LogP contribution >= 0.6 is 0 Å². The highest BCUT2D eigenvalue weighted by atomic mass is 32.2. The quantitative estimate of drug-likeness (QED) is 0.588. The van der Waals surface area contributed by atoms with E-state index in [1.807, 2.05) is 10.0 Å². The predicted molar refractivity (Wildman–Crippen MR) is 105 cm³/mol. The second kappa shape index (κ2) is 8.31. The van der Waals surface area contributed by atoms with Crippen LogP contribution in [0.1, 0.15) is 24.0 Å². The molecule has 0 aliphatic heterocycles. The van der Waals surface area contributed by atoms with E-state index in [0.29, 0.717) is 18.4 Å². The molecule has 0 aromatic heterocycles. The van der Waals surface area contributed by atoms with Crippen molar-refractivity contribution in [3.05, 3.63) is 65.7 Å². The number of alkyl halides is 3. The topological polar surface area (TPSA) is 118 Å². The van der Waals surface area contributed by atoms with E-state index in [-0.39, 0.29) is 11.3 Å². The van der Waals surface area contributed by atoms with E-state index in [1.165, 1.54) is 12.1 Å². The first-order chi connectivity index (χ1) is 14.4. The molecule has 166 valence electrons. The van der Waals surface area contributed by atoms with Crippen LogP contribution in [0.2, 0.25) is 0 Å². The van der Waals surface area contributed by atoms with Crippen LogP contribution in [0.25, 0.3) is 0 Å². The van der Waals surface area contributed by atoms with Crippen molar-refractivity contribution in [1.82, 2.24) is 10.0 Å². The molecule has 1 aliphatic rings. The maximum atomic E-state index is 12.5. The molecule has 7 nitrogen and oxygen atoms in total. The molecular weight excluding hydrogens is 435 g/mol. The average molecular weight is 455 g/mol. The largest absolute Gasteiger partial charge is 0.471 e. The van der Waals surface area contributed by atoms with Gasteiger partial charge in [0.15, 0.2) is 0 Å². The van der Waals surface area contributed by atoms with Gasteiger partial charge in [-0.25, -0.2) is 13.1 Å². The van der Waals surface area contributed by atoms with Gasteiger partial charge < -0.3 is 11.1 Å². The molecule has 1 saturated carbocycles. The highest BCUT2D eigenvalue weighted by Gasteiger charge is 2.51. The third kappa shape index (κ3) is 5.42. The van der Waals surface area contributed by atoms with E-state index in [4.69, 9.17) is 5.73 Å². The van der Waals surface area contributed by atoms with Crippen LogP contribution in [0.3, 0.4) is 0 Å². The molecule has 2 aromatic rings. The van der Waals surface area contributed by atoms with E-state index in [2.05, 4.69) is 0 Å². The molecule has 1 atom stereocenters. The van der Waals surface area contributed by atoms with Crippen molar-refractivity contribution in [2.45, 2.75) is 41.9 Å². The van der Waals surface area contributed by atoms with E-state index >= 15 is 0 Å². The van der Waals surface area contributed by atoms with Gasteiger partial charge in [-0.15, -0.1) is 0 Å². The van der Waals surface area contributed by atoms with E-state index < -0.39 is 39.6 Å². The number of nitrogens with one attached hydrogen (secondary N) is 2. The Balaban J connectivity index is 1.67. The second-order valence-electron chi connectivity index (χ2n) is 7.32. The number of amides is 2. The standard InChI is InChI=1S/C20H20F3N3O4S/c21-20(22,23)18(28)25-19(10-11-19)14-6-8-15(9-7-14)31(29,30)26-17(27)16(24)12-13-4-2-1-3-5-13/h1-9,16H,10-12,24H2,(H,25,28)(H,26,27). The monoisotopic (exact) mass is 455 g/mol. The lowest BCUT2D eigenvalue weighted by atomic mass is 10.1. The summed E-state index contributed by atoms with van der Waals surface area (Å²) >= 11 is 0. The minimum atomic E-state index is -5.01. The summed E-state index contributed by atoms with van der Waals surface area (Å²) in [5.41, 5.74) is 5.74. The minimum absolute atomic E-state index is 0.141. The molecule has 31 heavy (non-hydrogen) atoms. The van der Waals surface area contributed by atoms with Crippen LogP contribution in [0.4, 0.5) is 13.2 Å². The molecule has 0 radical (unpaired) electrons. The van der Waals surface area contributed by atoms with Crippen molar-refractivity contribution < 1.29 is 31.2 Å². The number of benzene rings is 2. The van der Waals surface area contributed by atoms with E-state index in [0.717, 1.165) is 17.7 Å². The number of halogens is 3. The van der Waals surface area contributed by atoms with Crippen LogP contribution in [0, 0.1) is 0 Å². The Hall–Kier alpha value is -2.92. The third-order valence-electron chi connectivity index (χ3n) is 4.95. The van der Waals surface area contributed by atoms with Crippen molar-refractivity contribution in [3.8, 4) is 0 Å². The first kappa shape index (κ1) is 22.8. The molecular formula is C20H20F3N3O4S. The fourth-order valence-corrected chi connectivity index (χ4v) is 4.11. The van der Waals surface area contributed by atoms with Gasteiger partial charge in [0.25, 0.3) is 15.9 Å². The molecule has 1 unspecified atom stereocenters. The zero-order chi connectivity index (χ0) is 22.9. The third-order valence-corrected chi connectivity index (χ3v) is 6.31. The van der Waals surface area contributed by atoms with Gasteiger partial charge in [-0.05, 0) is 42.5 Å². The Bertz CT molecular complexity index is 1070. The maximum absolute atomic E-state index is 12.5. The number of carbonyl (C=O) groups is 2. The Labute approximate surface area is 176 Å². The zero-order valence-corrected chi connectivity index (χ0v) is 17.0. The number of carbonyl (C=O) groups excluding carboxylic acids is 2. The minimum Gasteiger partial charge on any atom is -0.339 e. The zero-order valence-electron chi connectivity index (χ0n) is 16.1. The Morgan fingerprint density at radius 2 is 1.61 bits per heavy atom. The Morgan fingerprint density at radius 3 is 2.13 bits per heavy atom. The molecule has 1 aliphatic carbocycles. The molecule has 3 rings (SSSR count). The van der Waals surface area contributed by atoms with Crippen LogP contribution in [-0.4, -0.2) is 32.5 Å². The Kier molecular flexibility index (Phi) is 6.10. The summed E-state index contributed by atoms with van der Waals surface area (Å²) in [5.74, 6) is -2.94. The van der Waals surface area contributed by atoms with Crippen molar-refractivity contribution >= 4 is 21.8 Å². The van der Waals surface area contributed by atoms with Crippen molar-refractivity contribution in [2.75, 3.05) is 0 Å². The lowest BCUT2D eigenvalue weighted by Crippen LogP contribution is -2.44. The van der Waals surface area contributed by atoms with Gasteiger partial charge in [0.2, 0.25) is 0 Å². The van der Waals surface area contributed by atoms with Gasteiger partial charge in [0, 0.05) is 0 Å². The molecule has 1 fully saturated rings. The summed E-state index contributed by atoms with van der Waals surface area (Å²) in [4.78, 5) is 23.2. The first-order valence-corrected chi connectivity index (χ1v) is 10.8. The van der Waals surface area contributed by atoms with Gasteiger partial charge in [-0.3, -0.25) is 9.59 Å².